The summed E-state index contributed by atoms with van der Waals surface area (Å²) in [7, 11) is 3.62. The SMILES string of the molecule is C=O.CC.CC(C)C.CC1(C)CC1.CNCCCNc1nc(Nc2cccc(C)c2)ncc1-c1ccc(NC)c(F)c1. The molecule has 4 rings (SSSR count). The Hall–Kier alpha value is -3.52. The van der Waals surface area contributed by atoms with E-state index in [1.807, 2.05) is 64.9 Å². The molecule has 234 valence electrons. The highest BCUT2D eigenvalue weighted by Crippen LogP contribution is 2.43. The summed E-state index contributed by atoms with van der Waals surface area (Å²) < 4.78 is 14.3. The van der Waals surface area contributed by atoms with Crippen LogP contribution in [0.2, 0.25) is 0 Å². The summed E-state index contributed by atoms with van der Waals surface area (Å²) in [6, 6.07) is 13.1. The van der Waals surface area contributed by atoms with Gasteiger partial charge < -0.3 is 26.1 Å². The maximum Gasteiger partial charge on any atom is 0.229 e. The standard InChI is InChI=1S/C22H27FN6.C5H10.C4H10.C2H6.CH2O/c1-15-6-4-7-17(12-15)28-22-27-14-18(21(29-22)26-11-5-10-24-2)16-8-9-20(25-3)19(23)13-16;1-5(2)3-4-5;1-4(2)3;2*1-2/h4,6-9,12-14,24-25H,5,10-11H2,1-3H3,(H2,26,27,28,29);3-4H2,1-2H3;4H,1-3H3;1-2H3;1H2. The Kier molecular flexibility index (Phi) is 19.4. The van der Waals surface area contributed by atoms with Crippen LogP contribution >= 0.6 is 0 Å². The number of anilines is 4. The number of hydrogen-bond acceptors (Lipinski definition) is 7. The molecule has 0 unspecified atom stereocenters. The number of nitrogens with one attached hydrogen (secondary N) is 4. The molecular weight excluding hydrogens is 527 g/mol. The molecule has 1 fully saturated rings. The van der Waals surface area contributed by atoms with Crippen molar-refractivity contribution in [2.75, 3.05) is 43.1 Å². The molecule has 2 aromatic carbocycles. The minimum Gasteiger partial charge on any atom is -0.386 e. The molecular formula is C34H55FN6O. The number of hydrogen-bond donors (Lipinski definition) is 4. The highest BCUT2D eigenvalue weighted by Gasteiger charge is 2.30. The third-order valence-corrected chi connectivity index (χ3v) is 5.76. The Morgan fingerprint density at radius 2 is 1.62 bits per heavy atom. The van der Waals surface area contributed by atoms with Crippen LogP contribution in [0.5, 0.6) is 0 Å². The lowest BCUT2D eigenvalue weighted by molar-refractivity contribution is -0.0980. The number of rotatable bonds is 9. The van der Waals surface area contributed by atoms with Crippen LogP contribution in [0, 0.1) is 24.1 Å². The van der Waals surface area contributed by atoms with Crippen molar-refractivity contribution >= 4 is 29.9 Å². The monoisotopic (exact) mass is 582 g/mol. The van der Waals surface area contributed by atoms with Crippen molar-refractivity contribution in [1.82, 2.24) is 15.3 Å². The van der Waals surface area contributed by atoms with E-state index < -0.39 is 0 Å². The maximum absolute atomic E-state index is 14.3. The van der Waals surface area contributed by atoms with Crippen LogP contribution in [0.4, 0.5) is 27.5 Å². The topological polar surface area (TPSA) is 91.0 Å². The average Bonchev–Trinajstić information content (AvgIpc) is 3.67. The fourth-order valence-corrected chi connectivity index (χ4v) is 3.25. The van der Waals surface area contributed by atoms with Crippen LogP contribution in [0.1, 0.15) is 73.3 Å². The Balaban J connectivity index is 0.00000109. The zero-order valence-electron chi connectivity index (χ0n) is 27.6. The largest absolute Gasteiger partial charge is 0.386 e. The molecule has 8 heteroatoms. The summed E-state index contributed by atoms with van der Waals surface area (Å²) in [4.78, 5) is 17.1. The molecule has 1 aliphatic carbocycles. The zero-order valence-corrected chi connectivity index (χ0v) is 27.6. The van der Waals surface area contributed by atoms with Gasteiger partial charge in [0.1, 0.15) is 18.4 Å². The van der Waals surface area contributed by atoms with Crippen molar-refractivity contribution in [2.45, 2.75) is 74.7 Å². The highest BCUT2D eigenvalue weighted by atomic mass is 19.1. The van der Waals surface area contributed by atoms with Gasteiger partial charge in [-0.3, -0.25) is 0 Å². The van der Waals surface area contributed by atoms with Crippen molar-refractivity contribution < 1.29 is 9.18 Å². The molecule has 0 radical (unpaired) electrons. The zero-order chi connectivity index (χ0) is 32.1. The number of aromatic nitrogens is 2. The molecule has 1 heterocycles. The molecule has 0 spiro atoms. The van der Waals surface area contributed by atoms with Gasteiger partial charge in [0.15, 0.2) is 0 Å². The molecule has 0 atom stereocenters. The highest BCUT2D eigenvalue weighted by molar-refractivity contribution is 5.77. The van der Waals surface area contributed by atoms with Crippen LogP contribution in [-0.4, -0.2) is 43.9 Å². The summed E-state index contributed by atoms with van der Waals surface area (Å²) in [6.45, 7) is 20.8. The lowest BCUT2D eigenvalue weighted by atomic mass is 10.1. The first-order valence-corrected chi connectivity index (χ1v) is 14.9. The van der Waals surface area contributed by atoms with E-state index in [1.54, 1.807) is 19.3 Å². The smallest absolute Gasteiger partial charge is 0.229 e. The van der Waals surface area contributed by atoms with Gasteiger partial charge in [-0.2, -0.15) is 4.98 Å². The summed E-state index contributed by atoms with van der Waals surface area (Å²) >= 11 is 0. The van der Waals surface area contributed by atoms with Gasteiger partial charge in [-0.05, 0) is 86.5 Å². The molecule has 0 saturated heterocycles. The quantitative estimate of drug-likeness (QED) is 0.188. The van der Waals surface area contributed by atoms with Crippen molar-refractivity contribution in [2.24, 2.45) is 11.3 Å². The van der Waals surface area contributed by atoms with Gasteiger partial charge in [-0.15, -0.1) is 0 Å². The number of nitrogens with zero attached hydrogens (tertiary/aromatic N) is 2. The second-order valence-electron chi connectivity index (χ2n) is 11.2. The van der Waals surface area contributed by atoms with Crippen LogP contribution in [0.15, 0.2) is 48.7 Å². The molecule has 7 nitrogen and oxygen atoms in total. The van der Waals surface area contributed by atoms with Crippen LogP contribution < -0.4 is 21.3 Å². The first-order chi connectivity index (χ1) is 20.0. The number of halogens is 1. The third-order valence-electron chi connectivity index (χ3n) is 5.76. The van der Waals surface area contributed by atoms with Gasteiger partial charge in [0, 0.05) is 31.0 Å². The van der Waals surface area contributed by atoms with E-state index in [1.165, 1.54) is 18.9 Å². The summed E-state index contributed by atoms with van der Waals surface area (Å²) in [5, 5.41) is 12.6. The molecule has 1 aromatic heterocycles. The van der Waals surface area contributed by atoms with E-state index in [0.717, 1.165) is 53.2 Å². The van der Waals surface area contributed by atoms with Crippen LogP contribution in [-0.2, 0) is 4.79 Å². The number of carbonyl (C=O) groups excluding carboxylic acids is 1. The molecule has 0 bridgehead atoms. The Morgan fingerprint density at radius 3 is 2.12 bits per heavy atom. The molecule has 3 aromatic rings. The van der Waals surface area contributed by atoms with Gasteiger partial charge in [0.05, 0.1) is 5.69 Å². The van der Waals surface area contributed by atoms with Gasteiger partial charge in [-0.25, -0.2) is 9.37 Å². The third kappa shape index (κ3) is 16.1. The van der Waals surface area contributed by atoms with Crippen molar-refractivity contribution in [3.8, 4) is 11.1 Å². The Labute approximate surface area is 254 Å². The van der Waals surface area contributed by atoms with Crippen molar-refractivity contribution in [3.05, 3.63) is 60.0 Å². The lowest BCUT2D eigenvalue weighted by Gasteiger charge is -2.14. The Bertz CT molecular complexity index is 1140. The van der Waals surface area contributed by atoms with E-state index in [4.69, 9.17) is 4.79 Å². The molecule has 0 aliphatic heterocycles. The van der Waals surface area contributed by atoms with Gasteiger partial charge in [-0.1, -0.05) is 66.7 Å². The summed E-state index contributed by atoms with van der Waals surface area (Å²) in [5.41, 5.74) is 4.75. The molecule has 1 aliphatic rings. The maximum atomic E-state index is 14.3. The molecule has 0 amide bonds. The first kappa shape index (κ1) is 38.5. The predicted molar refractivity (Wildman–Crippen MR) is 180 cm³/mol. The second kappa shape index (κ2) is 21.2. The first-order valence-electron chi connectivity index (χ1n) is 14.9. The number of aryl methyl sites for hydroxylation is 1. The van der Waals surface area contributed by atoms with Crippen LogP contribution in [0.3, 0.4) is 0 Å². The molecule has 1 saturated carbocycles. The summed E-state index contributed by atoms with van der Waals surface area (Å²) in [6.07, 6.45) is 5.56. The van der Waals surface area contributed by atoms with Crippen LogP contribution in [0.25, 0.3) is 11.1 Å². The molecule has 4 N–H and O–H groups in total. The predicted octanol–water partition coefficient (Wildman–Crippen LogP) is 8.71. The average molecular weight is 583 g/mol. The van der Waals surface area contributed by atoms with Crippen molar-refractivity contribution in [1.29, 1.82) is 0 Å². The second-order valence-corrected chi connectivity index (χ2v) is 11.2. The van der Waals surface area contributed by atoms with E-state index in [0.29, 0.717) is 17.5 Å². The minimum absolute atomic E-state index is 0.312. The Morgan fingerprint density at radius 1 is 1.00 bits per heavy atom. The lowest BCUT2D eigenvalue weighted by Crippen LogP contribution is -2.14. The van der Waals surface area contributed by atoms with Gasteiger partial charge in [0.25, 0.3) is 0 Å². The summed E-state index contributed by atoms with van der Waals surface area (Å²) in [5.74, 6) is 1.68. The number of benzene rings is 2. The molecule has 42 heavy (non-hydrogen) atoms. The fraction of sp³-hybridized carbons (Fsp3) is 0.500. The van der Waals surface area contributed by atoms with Gasteiger partial charge in [0.2, 0.25) is 5.95 Å². The normalized spacial score (nSPS) is 12.0. The minimum atomic E-state index is -0.312. The van der Waals surface area contributed by atoms with E-state index >= 15 is 0 Å². The van der Waals surface area contributed by atoms with E-state index in [-0.39, 0.29) is 5.82 Å². The van der Waals surface area contributed by atoms with Gasteiger partial charge >= 0.3 is 0 Å². The van der Waals surface area contributed by atoms with E-state index in [2.05, 4.69) is 65.9 Å². The number of carbonyl (C=O) groups is 1. The van der Waals surface area contributed by atoms with E-state index in [9.17, 15) is 4.39 Å². The van der Waals surface area contributed by atoms with Crippen molar-refractivity contribution in [3.63, 3.8) is 0 Å². The fourth-order valence-electron chi connectivity index (χ4n) is 3.25.